The molecule has 0 bridgehead atoms. The molecule has 5 N–H and O–H groups in total. The number of hydrogen-bond donors (Lipinski definition) is 5. The predicted octanol–water partition coefficient (Wildman–Crippen LogP) is 5.06. The number of benzene rings is 2. The Morgan fingerprint density at radius 1 is 0.915 bits per heavy atom. The number of halogens is 3. The Kier molecular flexibility index (Phi) is 19.8. The van der Waals surface area contributed by atoms with Gasteiger partial charge in [0.1, 0.15) is 23.8 Å². The maximum atomic E-state index is 13.5. The number of unbranched alkanes of at least 4 members (excludes halogenated alkanes) is 2. The maximum Gasteiger partial charge on any atom is 0.416 e. The molecule has 0 spiro atoms. The summed E-state index contributed by atoms with van der Waals surface area (Å²) in [6.45, 7) is 6.38. The van der Waals surface area contributed by atoms with Gasteiger partial charge >= 0.3 is 18.1 Å². The zero-order valence-corrected chi connectivity index (χ0v) is 33.2. The van der Waals surface area contributed by atoms with Crippen LogP contribution in [0.3, 0.4) is 0 Å². The van der Waals surface area contributed by atoms with Crippen molar-refractivity contribution in [2.45, 2.75) is 84.5 Å². The fraction of sp³-hybridized carbons (Fsp3) is 0.425. The molecule has 0 fully saturated rings. The number of nitrogens with zero attached hydrogens (tertiary/aromatic N) is 1. The van der Waals surface area contributed by atoms with Crippen LogP contribution in [-0.4, -0.2) is 90.1 Å². The maximum absolute atomic E-state index is 13.5. The number of hydroxylamine groups is 2. The van der Waals surface area contributed by atoms with Crippen molar-refractivity contribution in [1.82, 2.24) is 21.0 Å². The lowest BCUT2D eigenvalue weighted by atomic mass is 9.90. The van der Waals surface area contributed by atoms with Gasteiger partial charge in [-0.15, -0.1) is 0 Å². The summed E-state index contributed by atoms with van der Waals surface area (Å²) in [5.41, 5.74) is -0.777. The van der Waals surface area contributed by atoms with Crippen LogP contribution >= 0.6 is 0 Å². The number of furan rings is 1. The molecule has 0 saturated carbocycles. The fourth-order valence-corrected chi connectivity index (χ4v) is 5.87. The van der Waals surface area contributed by atoms with E-state index >= 15 is 0 Å². The number of aliphatic hydroxyl groups is 1. The molecule has 59 heavy (non-hydrogen) atoms. The average Bonchev–Trinajstić information content (AvgIpc) is 3.71. The molecule has 1 heterocycles. The molecule has 3 unspecified atom stereocenters. The van der Waals surface area contributed by atoms with Gasteiger partial charge in [0.25, 0.3) is 11.8 Å². The van der Waals surface area contributed by atoms with Crippen LogP contribution in [0.25, 0.3) is 11.3 Å². The van der Waals surface area contributed by atoms with Crippen molar-refractivity contribution in [3.63, 3.8) is 0 Å². The average molecular weight is 835 g/mol. The number of carboxylic acids is 1. The largest absolute Gasteiger partial charge is 0.493 e. The number of rotatable bonds is 22. The Bertz CT molecular complexity index is 1920. The Balaban J connectivity index is 0.00000590. The number of aliphatic carboxylic acids is 1. The number of nitrogens with one attached hydrogen (secondary N) is 3. The van der Waals surface area contributed by atoms with Crippen LogP contribution in [0.1, 0.15) is 102 Å². The smallest absolute Gasteiger partial charge is 0.416 e. The number of aldehydes is 1. The second kappa shape index (κ2) is 23.9. The van der Waals surface area contributed by atoms with Crippen LogP contribution in [0.2, 0.25) is 0 Å². The Morgan fingerprint density at radius 3 is 2.19 bits per heavy atom. The molecule has 0 radical (unpaired) electrons. The molecule has 0 saturated heterocycles. The zero-order valence-electron chi connectivity index (χ0n) is 33.2. The van der Waals surface area contributed by atoms with Crippen molar-refractivity contribution in [1.29, 1.82) is 0 Å². The van der Waals surface area contributed by atoms with Crippen molar-refractivity contribution < 1.29 is 70.9 Å². The first-order valence-electron chi connectivity index (χ1n) is 18.6. The number of hydrogen-bond acceptors (Lipinski definition) is 11. The summed E-state index contributed by atoms with van der Waals surface area (Å²) in [5, 5.41) is 24.4. The third kappa shape index (κ3) is 14.0. The van der Waals surface area contributed by atoms with Gasteiger partial charge < -0.3 is 44.9 Å². The number of carbonyl (C=O) groups is 7. The summed E-state index contributed by atoms with van der Waals surface area (Å²) >= 11 is 0. The number of alkyl halides is 3. The second-order valence-electron chi connectivity index (χ2n) is 12.7. The first-order valence-corrected chi connectivity index (χ1v) is 18.6. The summed E-state index contributed by atoms with van der Waals surface area (Å²) in [7, 11) is 1.00. The number of amides is 4. The van der Waals surface area contributed by atoms with Gasteiger partial charge in [-0.3, -0.25) is 19.2 Å². The Hall–Kier alpha value is -6.24. The highest BCUT2D eigenvalue weighted by Gasteiger charge is 2.35. The van der Waals surface area contributed by atoms with Crippen LogP contribution in [0, 0.1) is 12.8 Å². The minimum Gasteiger partial charge on any atom is -0.493 e. The van der Waals surface area contributed by atoms with E-state index in [0.29, 0.717) is 23.3 Å². The molecule has 0 aliphatic heterocycles. The third-order valence-corrected chi connectivity index (χ3v) is 8.82. The van der Waals surface area contributed by atoms with E-state index in [1.165, 1.54) is 37.3 Å². The highest BCUT2D eigenvalue weighted by atomic mass is 19.4. The van der Waals surface area contributed by atoms with Gasteiger partial charge in [-0.2, -0.15) is 18.2 Å². The van der Waals surface area contributed by atoms with Gasteiger partial charge in [-0.05, 0) is 74.7 Å². The molecule has 3 rings (SSSR count). The molecule has 2 aromatic carbocycles. The lowest BCUT2D eigenvalue weighted by Gasteiger charge is -2.32. The lowest BCUT2D eigenvalue weighted by molar-refractivity contribution is -0.171. The molecule has 16 nitrogen and oxygen atoms in total. The summed E-state index contributed by atoms with van der Waals surface area (Å²) in [6, 6.07) is 7.24. The SMILES string of the molecule is CCCCCC(C(=O)NCNC(=O)c1ccc(-c2ccc(C(=O)NC(CC=O)C(=O)O)c(OCC)c2)o1)C(CC)N(C=O)OC(=O)c1ccc(C(F)(F)F)cc1C.CO. The topological polar surface area (TPSA) is 231 Å². The first kappa shape index (κ1) is 48.9. The second-order valence-corrected chi connectivity index (χ2v) is 12.7. The van der Waals surface area contributed by atoms with Gasteiger partial charge in [-0.25, -0.2) is 9.59 Å². The van der Waals surface area contributed by atoms with Crippen LogP contribution in [0.15, 0.2) is 52.9 Å². The van der Waals surface area contributed by atoms with Crippen molar-refractivity contribution in [3.8, 4) is 17.1 Å². The molecule has 19 heteroatoms. The summed E-state index contributed by atoms with van der Waals surface area (Å²) in [5.74, 6) is -5.29. The van der Waals surface area contributed by atoms with Crippen LogP contribution in [-0.2, 0) is 30.2 Å². The molecule has 1 aromatic heterocycles. The quantitative estimate of drug-likeness (QED) is 0.0387. The number of carbonyl (C=O) groups excluding carboxylic acids is 6. The molecule has 322 valence electrons. The minimum absolute atomic E-state index is 0.00000371. The summed E-state index contributed by atoms with van der Waals surface area (Å²) in [4.78, 5) is 92.1. The van der Waals surface area contributed by atoms with Gasteiger partial charge in [0.15, 0.2) is 5.76 Å². The lowest BCUT2D eigenvalue weighted by Crippen LogP contribution is -2.49. The molecule has 0 aliphatic carbocycles. The third-order valence-electron chi connectivity index (χ3n) is 8.82. The molecule has 3 aromatic rings. The van der Waals surface area contributed by atoms with E-state index < -0.39 is 65.8 Å². The van der Waals surface area contributed by atoms with E-state index in [4.69, 9.17) is 19.1 Å². The molecular weight excluding hydrogens is 785 g/mol. The summed E-state index contributed by atoms with van der Waals surface area (Å²) in [6.07, 6.45) is -1.89. The zero-order chi connectivity index (χ0) is 44.3. The predicted molar refractivity (Wildman–Crippen MR) is 205 cm³/mol. The highest BCUT2D eigenvalue weighted by molar-refractivity contribution is 6.00. The molecule has 0 aliphatic rings. The molecule has 4 amide bonds. The summed E-state index contributed by atoms with van der Waals surface area (Å²) < 4.78 is 50.8. The van der Waals surface area contributed by atoms with E-state index in [1.54, 1.807) is 13.8 Å². The highest BCUT2D eigenvalue weighted by Crippen LogP contribution is 2.32. The van der Waals surface area contributed by atoms with Gasteiger partial charge in [0.05, 0.1) is 41.9 Å². The van der Waals surface area contributed by atoms with Gasteiger partial charge in [0.2, 0.25) is 12.3 Å². The number of ether oxygens (including phenoxy) is 1. The van der Waals surface area contributed by atoms with E-state index in [9.17, 15) is 51.8 Å². The van der Waals surface area contributed by atoms with E-state index in [-0.39, 0.29) is 66.5 Å². The van der Waals surface area contributed by atoms with Crippen molar-refractivity contribution in [2.75, 3.05) is 20.4 Å². The molecule has 3 atom stereocenters. The number of aliphatic hydroxyl groups excluding tert-OH is 1. The van der Waals surface area contributed by atoms with E-state index in [1.807, 2.05) is 6.92 Å². The Labute approximate surface area is 338 Å². The van der Waals surface area contributed by atoms with Crippen molar-refractivity contribution in [3.05, 3.63) is 76.5 Å². The van der Waals surface area contributed by atoms with Gasteiger partial charge in [0, 0.05) is 19.1 Å². The van der Waals surface area contributed by atoms with Crippen LogP contribution < -0.4 is 20.7 Å². The Morgan fingerprint density at radius 2 is 1.61 bits per heavy atom. The van der Waals surface area contributed by atoms with Gasteiger partial charge in [-0.1, -0.05) is 39.2 Å². The fourth-order valence-electron chi connectivity index (χ4n) is 5.87. The monoisotopic (exact) mass is 834 g/mol. The number of carboxylic acid groups (broad SMARTS) is 1. The molecular formula is C40H49F3N4O12. The van der Waals surface area contributed by atoms with Crippen molar-refractivity contribution >= 4 is 42.4 Å². The van der Waals surface area contributed by atoms with Crippen LogP contribution in [0.5, 0.6) is 5.75 Å². The van der Waals surface area contributed by atoms with Crippen LogP contribution in [0.4, 0.5) is 13.2 Å². The first-order chi connectivity index (χ1) is 28.1. The van der Waals surface area contributed by atoms with E-state index in [2.05, 4.69) is 16.0 Å². The normalized spacial score (nSPS) is 12.4. The number of aryl methyl sites for hydroxylation is 1. The minimum atomic E-state index is -4.63. The van der Waals surface area contributed by atoms with Crippen molar-refractivity contribution in [2.24, 2.45) is 5.92 Å². The van der Waals surface area contributed by atoms with E-state index in [0.717, 1.165) is 38.2 Å². The standard InChI is InChI=1S/C39H45F3N4O11.CH4O/c1-5-8-9-10-27(30(6-2)46(22-48)57-38(54)26-14-12-25(19-23(26)4)39(40,41)42)34(49)43-21-44-36(51)32-16-15-31(56-32)24-11-13-28(33(20-24)55-7-3)35(50)45-29(17-18-47)37(52)53;1-2/h11-16,18-20,22,27,29-30H,5-10,17,21H2,1-4H3,(H,43,49)(H,44,51)(H,45,50)(H,52,53);2H,1H3.